The van der Waals surface area contributed by atoms with Crippen molar-refractivity contribution in [3.05, 3.63) is 29.8 Å². The third kappa shape index (κ3) is 7.59. The van der Waals surface area contributed by atoms with Gasteiger partial charge in [-0.25, -0.2) is 22.9 Å². The molecule has 1 rings (SSSR count). The molecule has 0 saturated heterocycles. The lowest BCUT2D eigenvalue weighted by Gasteiger charge is -2.23. The minimum Gasteiger partial charge on any atom is -0.444 e. The number of nitrogens with two attached hydrogens (primary N) is 1. The van der Waals surface area contributed by atoms with Gasteiger partial charge in [0.05, 0.1) is 0 Å². The zero-order valence-corrected chi connectivity index (χ0v) is 16.7. The summed E-state index contributed by atoms with van der Waals surface area (Å²) in [5, 5.41) is 7.85. The summed E-state index contributed by atoms with van der Waals surface area (Å²) in [6, 6.07) is 0.998. The minimum atomic E-state index is -4.05. The third-order valence-corrected chi connectivity index (χ3v) is 4.52. The SMILES string of the molecule is CC(C)C[C@H](NC(=O)OC(C)(C)C)C(=O)N=S(N)(=O)c1cc(F)ccc1F. The van der Waals surface area contributed by atoms with Crippen LogP contribution >= 0.6 is 0 Å². The Labute approximate surface area is 158 Å². The van der Waals surface area contributed by atoms with Crippen LogP contribution in [0, 0.1) is 17.6 Å². The van der Waals surface area contributed by atoms with Crippen molar-refractivity contribution in [2.75, 3.05) is 0 Å². The summed E-state index contributed by atoms with van der Waals surface area (Å²) in [6.45, 7) is 8.53. The smallest absolute Gasteiger partial charge is 0.408 e. The van der Waals surface area contributed by atoms with E-state index < -0.39 is 50.1 Å². The van der Waals surface area contributed by atoms with E-state index in [2.05, 4.69) is 9.68 Å². The third-order valence-electron chi connectivity index (χ3n) is 3.13. The summed E-state index contributed by atoms with van der Waals surface area (Å²) in [5.41, 5.74) is -0.793. The lowest BCUT2D eigenvalue weighted by Crippen LogP contribution is -2.44. The molecule has 0 radical (unpaired) electrons. The van der Waals surface area contributed by atoms with Crippen LogP contribution in [0.3, 0.4) is 0 Å². The molecule has 1 aromatic rings. The minimum absolute atomic E-state index is 0.0381. The maximum Gasteiger partial charge on any atom is 0.408 e. The molecule has 0 aromatic heterocycles. The van der Waals surface area contributed by atoms with Crippen LogP contribution in [0.2, 0.25) is 0 Å². The van der Waals surface area contributed by atoms with E-state index in [1.807, 2.05) is 0 Å². The fraction of sp³-hybridized carbons (Fsp3) is 0.529. The van der Waals surface area contributed by atoms with Gasteiger partial charge in [0.1, 0.15) is 38.1 Å². The number of rotatable bonds is 5. The Balaban J connectivity index is 3.17. The van der Waals surface area contributed by atoms with Crippen LogP contribution in [-0.2, 0) is 19.4 Å². The number of hydrogen-bond donors (Lipinski definition) is 2. The molecule has 0 saturated carbocycles. The van der Waals surface area contributed by atoms with Crippen LogP contribution in [0.25, 0.3) is 0 Å². The normalized spacial score (nSPS) is 15.0. The standard InChI is InChI=1S/C17H25F2N3O4S/c1-10(2)8-13(21-16(24)26-17(3,4)5)15(23)22-27(20,25)14-9-11(18)6-7-12(14)19/h6-7,9-10,13H,8H2,1-5H3,(H,21,24)(H2,20,22,23,25)/t13-,27?/m0/s1. The Kier molecular flexibility index (Phi) is 7.44. The lowest BCUT2D eigenvalue weighted by molar-refractivity contribution is -0.120. The first-order valence-electron chi connectivity index (χ1n) is 8.24. The van der Waals surface area contributed by atoms with Crippen LogP contribution in [0.1, 0.15) is 41.0 Å². The van der Waals surface area contributed by atoms with Crippen molar-refractivity contribution >= 4 is 21.9 Å². The van der Waals surface area contributed by atoms with Gasteiger partial charge in [0.15, 0.2) is 0 Å². The Morgan fingerprint density at radius 3 is 2.41 bits per heavy atom. The van der Waals surface area contributed by atoms with Crippen LogP contribution in [0.4, 0.5) is 13.6 Å². The Hall–Kier alpha value is -2.07. The highest BCUT2D eigenvalue weighted by Crippen LogP contribution is 2.17. The quantitative estimate of drug-likeness (QED) is 0.784. The second-order valence-electron chi connectivity index (χ2n) is 7.40. The van der Waals surface area contributed by atoms with E-state index in [1.165, 1.54) is 0 Å². The molecule has 10 heteroatoms. The number of alkyl carbamates (subject to hydrolysis) is 1. The van der Waals surface area contributed by atoms with Gasteiger partial charge >= 0.3 is 6.09 Å². The summed E-state index contributed by atoms with van der Waals surface area (Å²) >= 11 is 0. The van der Waals surface area contributed by atoms with Gasteiger partial charge in [-0.2, -0.15) is 0 Å². The lowest BCUT2D eigenvalue weighted by atomic mass is 10.0. The van der Waals surface area contributed by atoms with E-state index >= 15 is 0 Å². The number of nitrogens with one attached hydrogen (secondary N) is 1. The highest BCUT2D eigenvalue weighted by Gasteiger charge is 2.27. The van der Waals surface area contributed by atoms with Crippen molar-refractivity contribution in [3.63, 3.8) is 0 Å². The van der Waals surface area contributed by atoms with Crippen molar-refractivity contribution in [1.29, 1.82) is 0 Å². The molecule has 3 N–H and O–H groups in total. The zero-order valence-electron chi connectivity index (χ0n) is 15.9. The monoisotopic (exact) mass is 405 g/mol. The van der Waals surface area contributed by atoms with Crippen molar-refractivity contribution < 1.29 is 27.3 Å². The number of halogens is 2. The molecular weight excluding hydrogens is 380 g/mol. The fourth-order valence-electron chi connectivity index (χ4n) is 2.09. The average molecular weight is 405 g/mol. The summed E-state index contributed by atoms with van der Waals surface area (Å²) in [6.07, 6.45) is -0.708. The topological polar surface area (TPSA) is 111 Å². The molecule has 7 nitrogen and oxygen atoms in total. The molecule has 0 fully saturated rings. The van der Waals surface area contributed by atoms with Crippen molar-refractivity contribution in [2.45, 2.75) is 57.6 Å². The number of nitrogens with zero attached hydrogens (tertiary/aromatic N) is 1. The molecule has 0 heterocycles. The number of ether oxygens (including phenoxy) is 1. The van der Waals surface area contributed by atoms with Crippen LogP contribution in [0.15, 0.2) is 27.5 Å². The average Bonchev–Trinajstić information content (AvgIpc) is 2.46. The fourth-order valence-corrected chi connectivity index (χ4v) is 3.21. The zero-order chi connectivity index (χ0) is 21.0. The Morgan fingerprint density at radius 2 is 1.89 bits per heavy atom. The Morgan fingerprint density at radius 1 is 1.30 bits per heavy atom. The molecule has 27 heavy (non-hydrogen) atoms. The highest BCUT2D eigenvalue weighted by molar-refractivity contribution is 7.91. The van der Waals surface area contributed by atoms with Gasteiger partial charge in [-0.15, -0.1) is 4.36 Å². The van der Waals surface area contributed by atoms with Crippen LogP contribution < -0.4 is 10.5 Å². The van der Waals surface area contributed by atoms with Crippen molar-refractivity contribution in [2.24, 2.45) is 15.4 Å². The number of benzene rings is 1. The van der Waals surface area contributed by atoms with Crippen LogP contribution in [0.5, 0.6) is 0 Å². The molecule has 152 valence electrons. The predicted octanol–water partition coefficient (Wildman–Crippen LogP) is 3.13. The largest absolute Gasteiger partial charge is 0.444 e. The van der Waals surface area contributed by atoms with E-state index in [1.54, 1.807) is 34.6 Å². The van der Waals surface area contributed by atoms with Gasteiger partial charge < -0.3 is 10.1 Å². The maximum absolute atomic E-state index is 13.8. The summed E-state index contributed by atoms with van der Waals surface area (Å²) in [7, 11) is -4.05. The van der Waals surface area contributed by atoms with Crippen LogP contribution in [-0.4, -0.2) is 27.9 Å². The highest BCUT2D eigenvalue weighted by atomic mass is 32.2. The van der Waals surface area contributed by atoms with Crippen molar-refractivity contribution in [1.82, 2.24) is 5.32 Å². The summed E-state index contributed by atoms with van der Waals surface area (Å²) in [4.78, 5) is 23.7. The van der Waals surface area contributed by atoms with Gasteiger partial charge in [-0.05, 0) is 51.3 Å². The van der Waals surface area contributed by atoms with Gasteiger partial charge in [-0.3, -0.25) is 4.79 Å². The number of carbonyl (C=O) groups is 2. The van der Waals surface area contributed by atoms with Gasteiger partial charge in [-0.1, -0.05) is 13.8 Å². The molecule has 0 spiro atoms. The molecule has 1 aromatic carbocycles. The van der Waals surface area contributed by atoms with Gasteiger partial charge in [0, 0.05) is 0 Å². The molecule has 2 atom stereocenters. The number of hydrogen-bond acceptors (Lipinski definition) is 4. The van der Waals surface area contributed by atoms with E-state index in [0.717, 1.165) is 12.1 Å². The molecule has 0 aliphatic heterocycles. The van der Waals surface area contributed by atoms with E-state index in [9.17, 15) is 22.6 Å². The maximum atomic E-state index is 13.8. The van der Waals surface area contributed by atoms with Crippen molar-refractivity contribution in [3.8, 4) is 0 Å². The number of amides is 2. The Bertz CT molecular complexity index is 828. The van der Waals surface area contributed by atoms with E-state index in [4.69, 9.17) is 9.88 Å². The molecular formula is C17H25F2N3O4S. The molecule has 1 unspecified atom stereocenters. The number of carbonyl (C=O) groups excluding carboxylic acids is 2. The van der Waals surface area contributed by atoms with E-state index in [0.29, 0.717) is 6.07 Å². The first-order valence-corrected chi connectivity index (χ1v) is 9.82. The first kappa shape index (κ1) is 23.0. The predicted molar refractivity (Wildman–Crippen MR) is 97.0 cm³/mol. The van der Waals surface area contributed by atoms with Gasteiger partial charge in [0.25, 0.3) is 5.91 Å². The second kappa shape index (κ2) is 8.75. The molecule has 0 aliphatic carbocycles. The summed E-state index contributed by atoms with van der Waals surface area (Å²) in [5.74, 6) is -2.99. The second-order valence-corrected chi connectivity index (χ2v) is 9.16. The first-order chi connectivity index (χ1) is 12.2. The molecule has 2 amide bonds. The summed E-state index contributed by atoms with van der Waals surface area (Å²) < 4.78 is 48.1. The molecule has 0 bridgehead atoms. The van der Waals surface area contributed by atoms with Gasteiger partial charge in [0.2, 0.25) is 0 Å². The van der Waals surface area contributed by atoms with E-state index in [-0.39, 0.29) is 12.3 Å². The molecule has 0 aliphatic rings.